The first-order valence-electron chi connectivity index (χ1n) is 8.23. The van der Waals surface area contributed by atoms with Gasteiger partial charge in [0.05, 0.1) is 7.11 Å². The summed E-state index contributed by atoms with van der Waals surface area (Å²) in [5.74, 6) is 1.91. The summed E-state index contributed by atoms with van der Waals surface area (Å²) in [5, 5.41) is 12.4. The third-order valence-electron chi connectivity index (χ3n) is 3.74. The SMILES string of the molecule is COc1ccccc1OCc1nc(C#N)c(NCCc2ccccc2)o1. The number of nitrogens with one attached hydrogen (secondary N) is 1. The number of ether oxygens (including phenoxy) is 2. The maximum absolute atomic E-state index is 9.24. The number of hydrogen-bond donors (Lipinski definition) is 1. The van der Waals surface area contributed by atoms with Gasteiger partial charge in [-0.2, -0.15) is 10.2 Å². The van der Waals surface area contributed by atoms with Crippen LogP contribution < -0.4 is 14.8 Å². The number of anilines is 1. The van der Waals surface area contributed by atoms with Crippen LogP contribution in [0, 0.1) is 11.3 Å². The lowest BCUT2D eigenvalue weighted by atomic mass is 10.1. The van der Waals surface area contributed by atoms with E-state index in [0.717, 1.165) is 6.42 Å². The van der Waals surface area contributed by atoms with Gasteiger partial charge in [0.1, 0.15) is 6.07 Å². The summed E-state index contributed by atoms with van der Waals surface area (Å²) in [6.45, 7) is 0.746. The first-order valence-corrected chi connectivity index (χ1v) is 8.23. The summed E-state index contributed by atoms with van der Waals surface area (Å²) in [5.41, 5.74) is 1.43. The molecule has 132 valence electrons. The summed E-state index contributed by atoms with van der Waals surface area (Å²) in [7, 11) is 1.58. The highest BCUT2D eigenvalue weighted by molar-refractivity contribution is 5.45. The van der Waals surface area contributed by atoms with Crippen molar-refractivity contribution >= 4 is 5.88 Å². The molecule has 3 rings (SSSR count). The van der Waals surface area contributed by atoms with Gasteiger partial charge in [-0.05, 0) is 24.1 Å². The highest BCUT2D eigenvalue weighted by atomic mass is 16.5. The summed E-state index contributed by atoms with van der Waals surface area (Å²) in [6.07, 6.45) is 0.819. The number of benzene rings is 2. The van der Waals surface area contributed by atoms with Crippen LogP contribution in [0.1, 0.15) is 17.1 Å². The van der Waals surface area contributed by atoms with Gasteiger partial charge in [-0.3, -0.25) is 0 Å². The van der Waals surface area contributed by atoms with Gasteiger partial charge in [-0.25, -0.2) is 0 Å². The van der Waals surface area contributed by atoms with Crippen molar-refractivity contribution in [2.75, 3.05) is 19.0 Å². The van der Waals surface area contributed by atoms with Crippen LogP contribution in [0.3, 0.4) is 0 Å². The van der Waals surface area contributed by atoms with Crippen molar-refractivity contribution in [1.29, 1.82) is 5.26 Å². The number of oxazole rings is 1. The Morgan fingerprint density at radius 1 is 1.08 bits per heavy atom. The fraction of sp³-hybridized carbons (Fsp3) is 0.200. The van der Waals surface area contributed by atoms with Gasteiger partial charge in [0.2, 0.25) is 17.5 Å². The quantitative estimate of drug-likeness (QED) is 0.666. The zero-order valence-electron chi connectivity index (χ0n) is 14.4. The molecule has 1 heterocycles. The summed E-state index contributed by atoms with van der Waals surface area (Å²) in [4.78, 5) is 4.17. The molecule has 2 aromatic carbocycles. The molecule has 0 aliphatic rings. The van der Waals surface area contributed by atoms with Gasteiger partial charge < -0.3 is 19.2 Å². The van der Waals surface area contributed by atoms with Crippen molar-refractivity contribution in [3.05, 3.63) is 71.7 Å². The first-order chi connectivity index (χ1) is 12.8. The van der Waals surface area contributed by atoms with Gasteiger partial charge in [0.15, 0.2) is 18.1 Å². The maximum atomic E-state index is 9.24. The Bertz CT molecular complexity index is 885. The summed E-state index contributed by atoms with van der Waals surface area (Å²) < 4.78 is 16.5. The molecule has 6 nitrogen and oxygen atoms in total. The molecule has 1 aromatic heterocycles. The van der Waals surface area contributed by atoms with Gasteiger partial charge in [0.25, 0.3) is 0 Å². The van der Waals surface area contributed by atoms with Crippen LogP contribution in [-0.4, -0.2) is 18.6 Å². The molecule has 0 saturated heterocycles. The molecular formula is C20H19N3O3. The van der Waals surface area contributed by atoms with Crippen LogP contribution in [-0.2, 0) is 13.0 Å². The van der Waals surface area contributed by atoms with Crippen molar-refractivity contribution in [2.45, 2.75) is 13.0 Å². The van der Waals surface area contributed by atoms with Crippen LogP contribution in [0.15, 0.2) is 59.0 Å². The van der Waals surface area contributed by atoms with Crippen LogP contribution in [0.4, 0.5) is 5.88 Å². The monoisotopic (exact) mass is 349 g/mol. The number of methoxy groups -OCH3 is 1. The molecular weight excluding hydrogens is 330 g/mol. The molecule has 0 spiro atoms. The van der Waals surface area contributed by atoms with E-state index in [2.05, 4.69) is 22.4 Å². The topological polar surface area (TPSA) is 80.3 Å². The molecule has 0 atom stereocenters. The van der Waals surface area contributed by atoms with Crippen LogP contribution >= 0.6 is 0 Å². The minimum absolute atomic E-state index is 0.107. The van der Waals surface area contributed by atoms with E-state index >= 15 is 0 Å². The highest BCUT2D eigenvalue weighted by Crippen LogP contribution is 2.27. The van der Waals surface area contributed by atoms with Crippen molar-refractivity contribution in [1.82, 2.24) is 4.98 Å². The van der Waals surface area contributed by atoms with Crippen molar-refractivity contribution in [3.8, 4) is 17.6 Å². The van der Waals surface area contributed by atoms with Crippen molar-refractivity contribution < 1.29 is 13.9 Å². The van der Waals surface area contributed by atoms with Gasteiger partial charge >= 0.3 is 0 Å². The maximum Gasteiger partial charge on any atom is 0.236 e. The number of aromatic nitrogens is 1. The van der Waals surface area contributed by atoms with E-state index in [1.165, 1.54) is 5.56 Å². The molecule has 3 aromatic rings. The fourth-order valence-electron chi connectivity index (χ4n) is 2.46. The molecule has 0 radical (unpaired) electrons. The van der Waals surface area contributed by atoms with E-state index in [1.54, 1.807) is 13.2 Å². The molecule has 0 aliphatic heterocycles. The second-order valence-electron chi connectivity index (χ2n) is 5.50. The van der Waals surface area contributed by atoms with E-state index in [0.29, 0.717) is 29.8 Å². The highest BCUT2D eigenvalue weighted by Gasteiger charge is 2.14. The lowest BCUT2D eigenvalue weighted by molar-refractivity contribution is 0.251. The number of nitriles is 1. The van der Waals surface area contributed by atoms with Crippen LogP contribution in [0.5, 0.6) is 11.5 Å². The fourth-order valence-corrected chi connectivity index (χ4v) is 2.46. The molecule has 26 heavy (non-hydrogen) atoms. The second-order valence-corrected chi connectivity index (χ2v) is 5.50. The van der Waals surface area contributed by atoms with E-state index < -0.39 is 0 Å². The minimum atomic E-state index is 0.107. The Hall–Kier alpha value is -3.46. The van der Waals surface area contributed by atoms with Gasteiger partial charge in [0, 0.05) is 6.54 Å². The number of rotatable bonds is 8. The Labute approximate surface area is 152 Å². The first kappa shape index (κ1) is 17.4. The molecule has 0 bridgehead atoms. The van der Waals surface area contributed by atoms with E-state index in [4.69, 9.17) is 13.9 Å². The summed E-state index contributed by atoms with van der Waals surface area (Å²) in [6, 6.07) is 19.4. The lowest BCUT2D eigenvalue weighted by Gasteiger charge is -2.08. The molecule has 0 unspecified atom stereocenters. The molecule has 0 aliphatic carbocycles. The van der Waals surface area contributed by atoms with Crippen molar-refractivity contribution in [3.63, 3.8) is 0 Å². The zero-order chi connectivity index (χ0) is 18.2. The van der Waals surface area contributed by atoms with Crippen molar-refractivity contribution in [2.24, 2.45) is 0 Å². The Kier molecular flexibility index (Phi) is 5.73. The standard InChI is InChI=1S/C20H19N3O3/c1-24-17-9-5-6-10-18(17)25-14-19-23-16(13-21)20(26-19)22-12-11-15-7-3-2-4-8-15/h2-10,22H,11-12,14H2,1H3. The lowest BCUT2D eigenvalue weighted by Crippen LogP contribution is -2.05. The van der Waals surface area contributed by atoms with E-state index in [9.17, 15) is 5.26 Å². The second kappa shape index (κ2) is 8.58. The van der Waals surface area contributed by atoms with E-state index in [-0.39, 0.29) is 12.3 Å². The third kappa shape index (κ3) is 4.33. The normalized spacial score (nSPS) is 10.2. The molecule has 0 fully saturated rings. The Morgan fingerprint density at radius 2 is 1.81 bits per heavy atom. The predicted molar refractivity (Wildman–Crippen MR) is 97.2 cm³/mol. The van der Waals surface area contributed by atoms with Gasteiger partial charge in [-0.15, -0.1) is 0 Å². The molecule has 6 heteroatoms. The van der Waals surface area contributed by atoms with Crippen LogP contribution in [0.2, 0.25) is 0 Å². The average molecular weight is 349 g/mol. The number of para-hydroxylation sites is 2. The Morgan fingerprint density at radius 3 is 2.54 bits per heavy atom. The molecule has 1 N–H and O–H groups in total. The average Bonchev–Trinajstić information content (AvgIpc) is 3.09. The van der Waals surface area contributed by atoms with E-state index in [1.807, 2.05) is 42.5 Å². The largest absolute Gasteiger partial charge is 0.493 e. The summed E-state index contributed by atoms with van der Waals surface area (Å²) >= 11 is 0. The van der Waals surface area contributed by atoms with Crippen LogP contribution in [0.25, 0.3) is 0 Å². The number of hydrogen-bond acceptors (Lipinski definition) is 6. The van der Waals surface area contributed by atoms with Gasteiger partial charge in [-0.1, -0.05) is 42.5 Å². The number of nitrogens with zero attached hydrogens (tertiary/aromatic N) is 2. The Balaban J connectivity index is 1.60. The smallest absolute Gasteiger partial charge is 0.236 e. The zero-order valence-corrected chi connectivity index (χ0v) is 14.4. The predicted octanol–water partition coefficient (Wildman–Crippen LogP) is 3.79. The third-order valence-corrected chi connectivity index (χ3v) is 3.74. The minimum Gasteiger partial charge on any atom is -0.493 e. The molecule has 0 saturated carbocycles. The molecule has 0 amide bonds.